The highest BCUT2D eigenvalue weighted by Gasteiger charge is 2.60. The topological polar surface area (TPSA) is 76.1 Å². The minimum atomic E-state index is -0.537. The lowest BCUT2D eigenvalue weighted by Crippen LogP contribution is -2.63. The van der Waals surface area contributed by atoms with Crippen molar-refractivity contribution in [2.75, 3.05) is 13.1 Å². The average Bonchev–Trinajstić information content (AvgIpc) is 2.46. The number of nitrogens with one attached hydrogen (secondary N) is 2. The van der Waals surface area contributed by atoms with Crippen LogP contribution in [0, 0.1) is 22.7 Å². The highest BCUT2D eigenvalue weighted by molar-refractivity contribution is 5.18. The zero-order valence-electron chi connectivity index (χ0n) is 12.8. The molecule has 0 aromatic heterocycles. The Balaban J connectivity index is 1.90. The van der Waals surface area contributed by atoms with Crippen molar-refractivity contribution in [2.45, 2.75) is 58.3 Å². The highest BCUT2D eigenvalue weighted by atomic mass is 15.2. The van der Waals surface area contributed by atoms with E-state index in [0.717, 1.165) is 25.9 Å². The molecule has 4 unspecified atom stereocenters. The molecule has 0 bridgehead atoms. The first-order chi connectivity index (χ1) is 8.62. The molecule has 3 fully saturated rings. The van der Waals surface area contributed by atoms with Gasteiger partial charge in [-0.15, -0.1) is 0 Å². The van der Waals surface area contributed by atoms with E-state index in [1.807, 2.05) is 0 Å². The minimum absolute atomic E-state index is 0.300. The summed E-state index contributed by atoms with van der Waals surface area (Å²) in [6.45, 7) is 11.4. The highest BCUT2D eigenvalue weighted by Crippen LogP contribution is 2.50. The standard InChI is InChI=1S/C15H30N4/c1-13(2)5-9-11(18-7-13)12-10(15(9,16)17)6-14(3,4)8-19-12/h9-12,18-19H,5-8,16-17H2,1-4H3. The third-order valence-electron chi connectivity index (χ3n) is 5.72. The van der Waals surface area contributed by atoms with Crippen molar-refractivity contribution in [3.05, 3.63) is 0 Å². The van der Waals surface area contributed by atoms with Crippen molar-refractivity contribution in [3.63, 3.8) is 0 Å². The van der Waals surface area contributed by atoms with Crippen molar-refractivity contribution in [3.8, 4) is 0 Å². The third kappa shape index (κ3) is 2.13. The van der Waals surface area contributed by atoms with Crippen molar-refractivity contribution in [2.24, 2.45) is 34.1 Å². The van der Waals surface area contributed by atoms with Gasteiger partial charge in [0.15, 0.2) is 0 Å². The Labute approximate surface area is 117 Å². The van der Waals surface area contributed by atoms with Gasteiger partial charge < -0.3 is 22.1 Å². The number of hydrogen-bond acceptors (Lipinski definition) is 4. The van der Waals surface area contributed by atoms with Crippen LogP contribution in [0.4, 0.5) is 0 Å². The van der Waals surface area contributed by atoms with Crippen molar-refractivity contribution < 1.29 is 0 Å². The molecule has 1 saturated carbocycles. The van der Waals surface area contributed by atoms with Gasteiger partial charge in [0.1, 0.15) is 0 Å². The maximum atomic E-state index is 6.63. The van der Waals surface area contributed by atoms with Crippen LogP contribution < -0.4 is 22.1 Å². The van der Waals surface area contributed by atoms with Gasteiger partial charge in [-0.05, 0) is 23.7 Å². The fraction of sp³-hybridized carbons (Fsp3) is 1.00. The van der Waals surface area contributed by atoms with Crippen LogP contribution in [-0.4, -0.2) is 30.8 Å². The molecule has 110 valence electrons. The second-order valence-corrected chi connectivity index (χ2v) is 8.76. The zero-order valence-corrected chi connectivity index (χ0v) is 12.8. The molecule has 1 aliphatic carbocycles. The van der Waals surface area contributed by atoms with Crippen LogP contribution in [0.5, 0.6) is 0 Å². The maximum absolute atomic E-state index is 6.63. The second kappa shape index (κ2) is 3.94. The van der Waals surface area contributed by atoms with E-state index in [-0.39, 0.29) is 0 Å². The SMILES string of the molecule is CC1(C)CNC2C3NCC(C)(C)CC3C(N)(N)C2C1. The van der Waals surface area contributed by atoms with Crippen molar-refractivity contribution in [1.82, 2.24) is 10.6 Å². The summed E-state index contributed by atoms with van der Waals surface area (Å²) in [7, 11) is 0. The monoisotopic (exact) mass is 266 g/mol. The van der Waals surface area contributed by atoms with E-state index in [1.54, 1.807) is 0 Å². The molecule has 0 aromatic rings. The Bertz CT molecular complexity index is 340. The molecule has 3 aliphatic rings. The van der Waals surface area contributed by atoms with Crippen LogP contribution in [0.2, 0.25) is 0 Å². The van der Waals surface area contributed by atoms with Gasteiger partial charge in [0, 0.05) is 37.0 Å². The molecule has 0 radical (unpaired) electrons. The number of fused-ring (bicyclic) bond motifs is 3. The maximum Gasteiger partial charge on any atom is 0.0726 e. The van der Waals surface area contributed by atoms with Gasteiger partial charge in [0.25, 0.3) is 0 Å². The molecule has 2 aliphatic heterocycles. The van der Waals surface area contributed by atoms with E-state index in [0.29, 0.717) is 34.7 Å². The first-order valence-corrected chi connectivity index (χ1v) is 7.67. The van der Waals surface area contributed by atoms with Gasteiger partial charge >= 0.3 is 0 Å². The summed E-state index contributed by atoms with van der Waals surface area (Å²) in [6, 6.07) is 0.897. The van der Waals surface area contributed by atoms with Gasteiger partial charge in [0.2, 0.25) is 0 Å². The van der Waals surface area contributed by atoms with Crippen LogP contribution in [0.3, 0.4) is 0 Å². The van der Waals surface area contributed by atoms with E-state index < -0.39 is 5.66 Å². The number of rotatable bonds is 0. The molecule has 4 atom stereocenters. The average molecular weight is 266 g/mol. The van der Waals surface area contributed by atoms with Gasteiger partial charge in [0.05, 0.1) is 5.66 Å². The molecule has 4 heteroatoms. The fourth-order valence-corrected chi connectivity index (χ4v) is 4.67. The van der Waals surface area contributed by atoms with Crippen molar-refractivity contribution in [1.29, 1.82) is 0 Å². The number of nitrogens with two attached hydrogens (primary N) is 2. The van der Waals surface area contributed by atoms with E-state index in [2.05, 4.69) is 38.3 Å². The third-order valence-corrected chi connectivity index (χ3v) is 5.72. The lowest BCUT2D eigenvalue weighted by molar-refractivity contribution is 0.107. The summed E-state index contributed by atoms with van der Waals surface area (Å²) < 4.78 is 0. The van der Waals surface area contributed by atoms with E-state index in [4.69, 9.17) is 11.5 Å². The molecule has 2 heterocycles. The van der Waals surface area contributed by atoms with Crippen molar-refractivity contribution >= 4 is 0 Å². The quantitative estimate of drug-likeness (QED) is 0.485. The van der Waals surface area contributed by atoms with Crippen LogP contribution in [0.15, 0.2) is 0 Å². The molecule has 3 rings (SSSR count). The largest absolute Gasteiger partial charge is 0.313 e. The fourth-order valence-electron chi connectivity index (χ4n) is 4.67. The zero-order chi connectivity index (χ0) is 14.1. The predicted molar refractivity (Wildman–Crippen MR) is 78.5 cm³/mol. The van der Waals surface area contributed by atoms with Crippen LogP contribution in [0.1, 0.15) is 40.5 Å². The Hall–Kier alpha value is -0.160. The van der Waals surface area contributed by atoms with Gasteiger partial charge in [-0.25, -0.2) is 0 Å². The first-order valence-electron chi connectivity index (χ1n) is 7.67. The number of piperidine rings is 2. The van der Waals surface area contributed by atoms with Gasteiger partial charge in [-0.1, -0.05) is 27.7 Å². The Morgan fingerprint density at radius 2 is 1.16 bits per heavy atom. The molecule has 0 spiro atoms. The first kappa shape index (κ1) is 13.8. The van der Waals surface area contributed by atoms with E-state index >= 15 is 0 Å². The second-order valence-electron chi connectivity index (χ2n) is 8.76. The van der Waals surface area contributed by atoms with Crippen LogP contribution in [0.25, 0.3) is 0 Å². The molecule has 4 nitrogen and oxygen atoms in total. The smallest absolute Gasteiger partial charge is 0.0726 e. The summed E-state index contributed by atoms with van der Waals surface area (Å²) in [5.74, 6) is 0.764. The molecule has 0 amide bonds. The van der Waals surface area contributed by atoms with Gasteiger partial charge in [-0.2, -0.15) is 0 Å². The summed E-state index contributed by atoms with van der Waals surface area (Å²) >= 11 is 0. The summed E-state index contributed by atoms with van der Waals surface area (Å²) in [5, 5.41) is 7.46. The Kier molecular flexibility index (Phi) is 2.86. The molecule has 0 aromatic carbocycles. The molecular weight excluding hydrogens is 236 g/mol. The van der Waals surface area contributed by atoms with Crippen LogP contribution in [-0.2, 0) is 0 Å². The summed E-state index contributed by atoms with van der Waals surface area (Å²) in [5.41, 5.74) is 13.3. The lowest BCUT2D eigenvalue weighted by Gasteiger charge is -2.43. The van der Waals surface area contributed by atoms with Crippen LogP contribution >= 0.6 is 0 Å². The molecular formula is C15H30N4. The molecule has 19 heavy (non-hydrogen) atoms. The van der Waals surface area contributed by atoms with E-state index in [9.17, 15) is 0 Å². The lowest BCUT2D eigenvalue weighted by atomic mass is 9.71. The van der Waals surface area contributed by atoms with Gasteiger partial charge in [-0.3, -0.25) is 0 Å². The predicted octanol–water partition coefficient (Wildman–Crippen LogP) is 0.622. The summed E-state index contributed by atoms with van der Waals surface area (Å²) in [4.78, 5) is 0. The molecule has 6 N–H and O–H groups in total. The number of hydrogen-bond donors (Lipinski definition) is 4. The Morgan fingerprint density at radius 1 is 0.789 bits per heavy atom. The Morgan fingerprint density at radius 3 is 1.53 bits per heavy atom. The molecule has 2 saturated heterocycles. The normalized spacial score (nSPS) is 46.4. The summed E-state index contributed by atoms with van der Waals surface area (Å²) in [6.07, 6.45) is 2.26. The minimum Gasteiger partial charge on any atom is -0.313 e. The van der Waals surface area contributed by atoms with E-state index in [1.165, 1.54) is 0 Å².